The van der Waals surface area contributed by atoms with Crippen molar-refractivity contribution in [3.63, 3.8) is 0 Å². The van der Waals surface area contributed by atoms with Crippen molar-refractivity contribution in [3.8, 4) is 0 Å². The van der Waals surface area contributed by atoms with E-state index in [0.29, 0.717) is 5.56 Å². The Labute approximate surface area is 194 Å². The molecule has 0 radical (unpaired) electrons. The van der Waals surface area contributed by atoms with Gasteiger partial charge in [-0.1, -0.05) is 18.2 Å². The molecule has 0 fully saturated rings. The number of hydrogen-bond donors (Lipinski definition) is 8. The van der Waals surface area contributed by atoms with Gasteiger partial charge in [0.2, 0.25) is 23.6 Å². The van der Waals surface area contributed by atoms with Crippen LogP contribution in [0.15, 0.2) is 30.5 Å². The number of aliphatic hydroxyl groups excluding tert-OH is 1. The zero-order valence-electron chi connectivity index (χ0n) is 18.2. The summed E-state index contributed by atoms with van der Waals surface area (Å²) >= 11 is 0. The molecule has 13 heteroatoms. The number of primary amides is 1. The molecule has 34 heavy (non-hydrogen) atoms. The minimum Gasteiger partial charge on any atom is -0.480 e. The van der Waals surface area contributed by atoms with E-state index < -0.39 is 60.9 Å². The highest BCUT2D eigenvalue weighted by Gasteiger charge is 2.26. The Kier molecular flexibility index (Phi) is 9.52. The lowest BCUT2D eigenvalue weighted by Crippen LogP contribution is -2.54. The number of carboxylic acids is 1. The summed E-state index contributed by atoms with van der Waals surface area (Å²) in [6.45, 7) is -1.24. The summed E-state index contributed by atoms with van der Waals surface area (Å²) in [4.78, 5) is 62.4. The van der Waals surface area contributed by atoms with Gasteiger partial charge in [-0.2, -0.15) is 0 Å². The van der Waals surface area contributed by atoms with E-state index in [-0.39, 0.29) is 19.3 Å². The van der Waals surface area contributed by atoms with Crippen LogP contribution in [0.25, 0.3) is 10.9 Å². The lowest BCUT2D eigenvalue weighted by molar-refractivity contribution is -0.141. The standard InChI is InChI=1S/C21H28N6O7/c22-13(10-28)19(31)27-15(5-6-17(23)29)20(32)25-9-18(30)26-16(21(33)34)7-11-8-24-14-4-2-1-3-12(11)14/h1-4,8,13,15-16,24,28H,5-7,9-10,22H2,(H2,23,29)(H,25,32)(H,26,30)(H,27,31)(H,33,34). The Morgan fingerprint density at radius 1 is 1.03 bits per heavy atom. The molecular formula is C21H28N6O7. The number of H-pyrrole nitrogens is 1. The molecule has 3 atom stereocenters. The maximum atomic E-state index is 12.4. The molecule has 10 N–H and O–H groups in total. The van der Waals surface area contributed by atoms with Gasteiger partial charge >= 0.3 is 5.97 Å². The Morgan fingerprint density at radius 2 is 1.74 bits per heavy atom. The predicted octanol–water partition coefficient (Wildman–Crippen LogP) is -2.53. The molecule has 0 saturated carbocycles. The number of rotatable bonds is 13. The van der Waals surface area contributed by atoms with Crippen molar-refractivity contribution in [1.82, 2.24) is 20.9 Å². The largest absolute Gasteiger partial charge is 0.480 e. The molecule has 0 bridgehead atoms. The van der Waals surface area contributed by atoms with Crippen LogP contribution in [0.2, 0.25) is 0 Å². The molecule has 0 aliphatic rings. The fourth-order valence-corrected chi connectivity index (χ4v) is 3.17. The monoisotopic (exact) mass is 476 g/mol. The highest BCUT2D eigenvalue weighted by Crippen LogP contribution is 2.19. The molecule has 1 aromatic heterocycles. The summed E-state index contributed by atoms with van der Waals surface area (Å²) in [7, 11) is 0. The summed E-state index contributed by atoms with van der Waals surface area (Å²) in [5.74, 6) is -4.38. The molecular weight excluding hydrogens is 448 g/mol. The first-order chi connectivity index (χ1) is 16.1. The second kappa shape index (κ2) is 12.3. The number of fused-ring (bicyclic) bond motifs is 1. The summed E-state index contributed by atoms with van der Waals surface area (Å²) in [6, 6.07) is 3.52. The third-order valence-electron chi connectivity index (χ3n) is 5.00. The fourth-order valence-electron chi connectivity index (χ4n) is 3.17. The maximum absolute atomic E-state index is 12.4. The lowest BCUT2D eigenvalue weighted by Gasteiger charge is -2.20. The van der Waals surface area contributed by atoms with Gasteiger partial charge in [0.15, 0.2) is 0 Å². The quantitative estimate of drug-likeness (QED) is 0.153. The number of aliphatic carboxylic acids is 1. The Balaban J connectivity index is 1.97. The maximum Gasteiger partial charge on any atom is 0.326 e. The number of carbonyl (C=O) groups excluding carboxylic acids is 4. The number of aromatic amines is 1. The van der Waals surface area contributed by atoms with E-state index in [1.807, 2.05) is 24.3 Å². The van der Waals surface area contributed by atoms with Crippen LogP contribution < -0.4 is 27.4 Å². The van der Waals surface area contributed by atoms with Crippen molar-refractivity contribution < 1.29 is 34.2 Å². The van der Waals surface area contributed by atoms with Crippen LogP contribution in [-0.2, 0) is 30.4 Å². The summed E-state index contributed by atoms with van der Waals surface area (Å²) in [5, 5.41) is 26.2. The minimum absolute atomic E-state index is 0.00930. The number of carbonyl (C=O) groups is 5. The zero-order chi connectivity index (χ0) is 25.3. The van der Waals surface area contributed by atoms with Crippen molar-refractivity contribution >= 4 is 40.5 Å². The Bertz CT molecular complexity index is 1050. The van der Waals surface area contributed by atoms with Crippen molar-refractivity contribution in [2.45, 2.75) is 37.4 Å². The second-order valence-corrected chi connectivity index (χ2v) is 7.59. The summed E-state index contributed by atoms with van der Waals surface area (Å²) < 4.78 is 0. The van der Waals surface area contributed by atoms with Gasteiger partial charge in [0.1, 0.15) is 18.1 Å². The molecule has 2 rings (SSSR count). The lowest BCUT2D eigenvalue weighted by atomic mass is 10.0. The smallest absolute Gasteiger partial charge is 0.326 e. The van der Waals surface area contributed by atoms with Crippen molar-refractivity contribution in [1.29, 1.82) is 0 Å². The van der Waals surface area contributed by atoms with Crippen LogP contribution >= 0.6 is 0 Å². The van der Waals surface area contributed by atoms with Gasteiger partial charge in [0.05, 0.1) is 13.2 Å². The summed E-state index contributed by atoms with van der Waals surface area (Å²) in [5.41, 5.74) is 12.0. The van der Waals surface area contributed by atoms with Crippen LogP contribution in [0.4, 0.5) is 0 Å². The number of para-hydroxylation sites is 1. The number of aromatic nitrogens is 1. The molecule has 0 saturated heterocycles. The SMILES string of the molecule is NC(=O)CCC(NC(=O)C(N)CO)C(=O)NCC(=O)NC(Cc1c[nH]c2ccccc12)C(=O)O. The number of hydrogen-bond acceptors (Lipinski definition) is 7. The third-order valence-corrected chi connectivity index (χ3v) is 5.00. The van der Waals surface area contributed by atoms with Gasteiger partial charge < -0.3 is 42.6 Å². The Hall–Kier alpha value is -3.97. The highest BCUT2D eigenvalue weighted by molar-refractivity contribution is 5.93. The second-order valence-electron chi connectivity index (χ2n) is 7.59. The number of nitrogens with one attached hydrogen (secondary N) is 4. The first-order valence-electron chi connectivity index (χ1n) is 10.4. The van der Waals surface area contributed by atoms with E-state index in [0.717, 1.165) is 10.9 Å². The molecule has 2 aromatic rings. The number of aliphatic hydroxyl groups is 1. The van der Waals surface area contributed by atoms with Gasteiger partial charge in [0, 0.05) is 29.9 Å². The molecule has 1 heterocycles. The van der Waals surface area contributed by atoms with Gasteiger partial charge in [-0.15, -0.1) is 0 Å². The van der Waals surface area contributed by atoms with Crippen LogP contribution in [0.1, 0.15) is 18.4 Å². The van der Waals surface area contributed by atoms with Gasteiger partial charge in [-0.05, 0) is 18.1 Å². The molecule has 1 aromatic carbocycles. The van der Waals surface area contributed by atoms with Crippen LogP contribution in [-0.4, -0.2) is 76.1 Å². The molecule has 0 spiro atoms. The van der Waals surface area contributed by atoms with Crippen LogP contribution in [0.5, 0.6) is 0 Å². The van der Waals surface area contributed by atoms with E-state index in [4.69, 9.17) is 16.6 Å². The number of amides is 4. The van der Waals surface area contributed by atoms with Crippen LogP contribution in [0.3, 0.4) is 0 Å². The van der Waals surface area contributed by atoms with E-state index in [1.165, 1.54) is 0 Å². The molecule has 184 valence electrons. The number of nitrogens with two attached hydrogens (primary N) is 2. The van der Waals surface area contributed by atoms with E-state index >= 15 is 0 Å². The van der Waals surface area contributed by atoms with E-state index in [9.17, 15) is 29.1 Å². The summed E-state index contributed by atoms with van der Waals surface area (Å²) in [6.07, 6.45) is 1.28. The van der Waals surface area contributed by atoms with Gasteiger partial charge in [-0.3, -0.25) is 19.2 Å². The van der Waals surface area contributed by atoms with Gasteiger partial charge in [0.25, 0.3) is 0 Å². The molecule has 0 aliphatic heterocycles. The van der Waals surface area contributed by atoms with E-state index in [1.54, 1.807) is 6.20 Å². The third kappa shape index (κ3) is 7.56. The molecule has 3 unspecified atom stereocenters. The fraction of sp³-hybridized carbons (Fsp3) is 0.381. The van der Waals surface area contributed by atoms with Crippen molar-refractivity contribution in [2.75, 3.05) is 13.2 Å². The van der Waals surface area contributed by atoms with Crippen LogP contribution in [0, 0.1) is 0 Å². The number of benzene rings is 1. The van der Waals surface area contributed by atoms with Crippen molar-refractivity contribution in [3.05, 3.63) is 36.0 Å². The molecule has 4 amide bonds. The first-order valence-corrected chi connectivity index (χ1v) is 10.4. The normalized spacial score (nSPS) is 13.5. The predicted molar refractivity (Wildman–Crippen MR) is 120 cm³/mol. The minimum atomic E-state index is -1.28. The van der Waals surface area contributed by atoms with Crippen molar-refractivity contribution in [2.24, 2.45) is 11.5 Å². The van der Waals surface area contributed by atoms with Gasteiger partial charge in [-0.25, -0.2) is 4.79 Å². The first kappa shape index (κ1) is 26.3. The topological polar surface area (TPSA) is 230 Å². The average Bonchev–Trinajstić information content (AvgIpc) is 3.21. The molecule has 0 aliphatic carbocycles. The molecule has 13 nitrogen and oxygen atoms in total. The average molecular weight is 476 g/mol. The number of carboxylic acid groups (broad SMARTS) is 1. The van der Waals surface area contributed by atoms with E-state index in [2.05, 4.69) is 20.9 Å². The zero-order valence-corrected chi connectivity index (χ0v) is 18.2. The Morgan fingerprint density at radius 3 is 2.38 bits per heavy atom. The highest BCUT2D eigenvalue weighted by atomic mass is 16.4.